The number of nitrogens with one attached hydrogen (secondary N) is 1. The summed E-state index contributed by atoms with van der Waals surface area (Å²) in [4.78, 5) is 2.32. The Morgan fingerprint density at radius 3 is 2.76 bits per heavy atom. The van der Waals surface area contributed by atoms with Crippen molar-refractivity contribution in [2.45, 2.75) is 0 Å². The van der Waals surface area contributed by atoms with Gasteiger partial charge in [0.2, 0.25) is 0 Å². The van der Waals surface area contributed by atoms with Crippen molar-refractivity contribution in [1.82, 2.24) is 4.90 Å². The molecule has 1 aliphatic rings. The molecular weight excluding hydrogens is 243 g/mol. The average Bonchev–Trinajstić information content (AvgIpc) is 2.29. The topological polar surface area (TPSA) is 24.5 Å². The predicted octanol–water partition coefficient (Wildman–Crippen LogP) is 2.22. The molecule has 17 heavy (non-hydrogen) atoms. The van der Waals surface area contributed by atoms with Crippen LogP contribution in [0, 0.1) is 5.82 Å². The van der Waals surface area contributed by atoms with Crippen molar-refractivity contribution in [3.8, 4) is 0 Å². The molecule has 1 N–H and O–H groups in total. The van der Waals surface area contributed by atoms with E-state index in [0.29, 0.717) is 5.02 Å². The zero-order valence-electron chi connectivity index (χ0n) is 9.59. The van der Waals surface area contributed by atoms with Crippen LogP contribution in [0.4, 0.5) is 10.1 Å². The molecule has 0 unspecified atom stereocenters. The number of hydrogen-bond donors (Lipinski definition) is 1. The van der Waals surface area contributed by atoms with Gasteiger partial charge in [-0.15, -0.1) is 0 Å². The number of ether oxygens (including phenoxy) is 1. The van der Waals surface area contributed by atoms with Crippen LogP contribution in [0.2, 0.25) is 5.02 Å². The minimum atomic E-state index is -0.314. The maximum absolute atomic E-state index is 13.1. The second-order valence-corrected chi connectivity index (χ2v) is 4.48. The van der Waals surface area contributed by atoms with Gasteiger partial charge in [0.25, 0.3) is 0 Å². The Morgan fingerprint density at radius 1 is 1.29 bits per heavy atom. The Morgan fingerprint density at radius 2 is 2.06 bits per heavy atom. The first-order valence-corrected chi connectivity index (χ1v) is 6.12. The van der Waals surface area contributed by atoms with E-state index in [9.17, 15) is 4.39 Å². The van der Waals surface area contributed by atoms with E-state index < -0.39 is 0 Å². The molecule has 1 saturated heterocycles. The zero-order valence-corrected chi connectivity index (χ0v) is 10.3. The van der Waals surface area contributed by atoms with E-state index in [4.69, 9.17) is 16.3 Å². The molecule has 0 saturated carbocycles. The Hall–Kier alpha value is -0.840. The molecular formula is C12H16ClFN2O. The molecule has 0 atom stereocenters. The molecule has 0 radical (unpaired) electrons. The highest BCUT2D eigenvalue weighted by Gasteiger charge is 2.09. The Balaban J connectivity index is 1.77. The van der Waals surface area contributed by atoms with Gasteiger partial charge in [-0.25, -0.2) is 4.39 Å². The highest BCUT2D eigenvalue weighted by molar-refractivity contribution is 6.30. The zero-order chi connectivity index (χ0) is 12.1. The van der Waals surface area contributed by atoms with Crippen molar-refractivity contribution in [3.63, 3.8) is 0 Å². The van der Waals surface area contributed by atoms with Crippen LogP contribution in [0.1, 0.15) is 0 Å². The van der Waals surface area contributed by atoms with Crippen molar-refractivity contribution >= 4 is 17.3 Å². The maximum atomic E-state index is 13.1. The van der Waals surface area contributed by atoms with E-state index in [1.807, 2.05) is 0 Å². The summed E-state index contributed by atoms with van der Waals surface area (Å²) in [5.41, 5.74) is 0.725. The summed E-state index contributed by atoms with van der Waals surface area (Å²) in [6.07, 6.45) is 0. The van der Waals surface area contributed by atoms with Crippen LogP contribution in [0.15, 0.2) is 18.2 Å². The molecule has 1 aromatic carbocycles. The van der Waals surface area contributed by atoms with Gasteiger partial charge in [0.1, 0.15) is 5.82 Å². The molecule has 1 aromatic rings. The van der Waals surface area contributed by atoms with E-state index in [1.165, 1.54) is 12.1 Å². The molecule has 0 aromatic heterocycles. The number of anilines is 1. The Labute approximate surface area is 106 Å². The van der Waals surface area contributed by atoms with Gasteiger partial charge in [-0.2, -0.15) is 0 Å². The lowest BCUT2D eigenvalue weighted by Crippen LogP contribution is -2.39. The molecule has 2 rings (SSSR count). The maximum Gasteiger partial charge on any atom is 0.126 e. The van der Waals surface area contributed by atoms with Crippen LogP contribution in [0.25, 0.3) is 0 Å². The third-order valence-electron chi connectivity index (χ3n) is 2.72. The molecule has 1 aliphatic heterocycles. The summed E-state index contributed by atoms with van der Waals surface area (Å²) in [7, 11) is 0. The Kier molecular flexibility index (Phi) is 4.59. The molecule has 3 nitrogen and oxygen atoms in total. The smallest absolute Gasteiger partial charge is 0.126 e. The molecule has 1 heterocycles. The summed E-state index contributed by atoms with van der Waals surface area (Å²) < 4.78 is 18.3. The highest BCUT2D eigenvalue weighted by Crippen LogP contribution is 2.17. The minimum absolute atomic E-state index is 0.314. The van der Waals surface area contributed by atoms with Gasteiger partial charge < -0.3 is 10.1 Å². The largest absolute Gasteiger partial charge is 0.384 e. The first-order valence-electron chi connectivity index (χ1n) is 5.74. The second kappa shape index (κ2) is 6.19. The lowest BCUT2D eigenvalue weighted by Gasteiger charge is -2.26. The van der Waals surface area contributed by atoms with E-state index >= 15 is 0 Å². The Bertz CT molecular complexity index is 349. The summed E-state index contributed by atoms with van der Waals surface area (Å²) in [5, 5.41) is 3.58. The number of nitrogens with zero attached hydrogens (tertiary/aromatic N) is 1. The molecule has 0 amide bonds. The summed E-state index contributed by atoms with van der Waals surface area (Å²) in [6.45, 7) is 5.23. The van der Waals surface area contributed by atoms with Crippen molar-refractivity contribution in [2.24, 2.45) is 0 Å². The molecule has 0 bridgehead atoms. The van der Waals surface area contributed by atoms with Gasteiger partial charge in [-0.05, 0) is 18.2 Å². The summed E-state index contributed by atoms with van der Waals surface area (Å²) >= 11 is 5.77. The fourth-order valence-corrected chi connectivity index (χ4v) is 2.06. The molecule has 0 aliphatic carbocycles. The van der Waals surface area contributed by atoms with Crippen molar-refractivity contribution in [1.29, 1.82) is 0 Å². The van der Waals surface area contributed by atoms with E-state index in [1.54, 1.807) is 6.07 Å². The molecule has 0 spiro atoms. The summed E-state index contributed by atoms with van der Waals surface area (Å²) in [6, 6.07) is 4.48. The number of morpholine rings is 1. The van der Waals surface area contributed by atoms with Crippen LogP contribution >= 0.6 is 11.6 Å². The monoisotopic (exact) mass is 258 g/mol. The second-order valence-electron chi connectivity index (χ2n) is 4.04. The van der Waals surface area contributed by atoms with Crippen LogP contribution < -0.4 is 5.32 Å². The lowest BCUT2D eigenvalue weighted by atomic mass is 10.3. The SMILES string of the molecule is Fc1cc(Cl)cc(NCCN2CCOCC2)c1. The van der Waals surface area contributed by atoms with Gasteiger partial charge in [-0.1, -0.05) is 11.6 Å². The lowest BCUT2D eigenvalue weighted by molar-refractivity contribution is 0.0398. The van der Waals surface area contributed by atoms with E-state index in [-0.39, 0.29) is 5.82 Å². The highest BCUT2D eigenvalue weighted by atomic mass is 35.5. The van der Waals surface area contributed by atoms with E-state index in [2.05, 4.69) is 10.2 Å². The number of benzene rings is 1. The van der Waals surface area contributed by atoms with Gasteiger partial charge in [0.05, 0.1) is 13.2 Å². The normalized spacial score (nSPS) is 17.1. The number of hydrogen-bond acceptors (Lipinski definition) is 3. The molecule has 1 fully saturated rings. The first kappa shape index (κ1) is 12.6. The van der Waals surface area contributed by atoms with Gasteiger partial charge in [0, 0.05) is 36.9 Å². The van der Waals surface area contributed by atoms with Crippen LogP contribution in [0.3, 0.4) is 0 Å². The molecule has 5 heteroatoms. The van der Waals surface area contributed by atoms with Crippen molar-refractivity contribution in [2.75, 3.05) is 44.7 Å². The van der Waals surface area contributed by atoms with Crippen LogP contribution in [-0.2, 0) is 4.74 Å². The first-order chi connectivity index (χ1) is 8.24. The standard InChI is InChI=1S/C12H16ClFN2O/c13-10-7-11(14)9-12(8-10)15-1-2-16-3-5-17-6-4-16/h7-9,15H,1-6H2. The number of halogens is 2. The van der Waals surface area contributed by atoms with Crippen LogP contribution in [0.5, 0.6) is 0 Å². The third kappa shape index (κ3) is 4.15. The van der Waals surface area contributed by atoms with Gasteiger partial charge in [-0.3, -0.25) is 4.90 Å². The fraction of sp³-hybridized carbons (Fsp3) is 0.500. The van der Waals surface area contributed by atoms with Gasteiger partial charge in [0.15, 0.2) is 0 Å². The summed E-state index contributed by atoms with van der Waals surface area (Å²) in [5.74, 6) is -0.314. The van der Waals surface area contributed by atoms with Gasteiger partial charge >= 0.3 is 0 Å². The predicted molar refractivity (Wildman–Crippen MR) is 67.2 cm³/mol. The average molecular weight is 259 g/mol. The van der Waals surface area contributed by atoms with E-state index in [0.717, 1.165) is 45.1 Å². The van der Waals surface area contributed by atoms with Crippen molar-refractivity contribution in [3.05, 3.63) is 29.0 Å². The minimum Gasteiger partial charge on any atom is -0.384 e. The quantitative estimate of drug-likeness (QED) is 0.896. The van der Waals surface area contributed by atoms with Crippen LogP contribution in [-0.4, -0.2) is 44.3 Å². The molecule has 94 valence electrons. The number of rotatable bonds is 4. The fourth-order valence-electron chi connectivity index (χ4n) is 1.84. The third-order valence-corrected chi connectivity index (χ3v) is 2.94. The van der Waals surface area contributed by atoms with Crippen molar-refractivity contribution < 1.29 is 9.13 Å².